The highest BCUT2D eigenvalue weighted by Crippen LogP contribution is 2.22. The summed E-state index contributed by atoms with van der Waals surface area (Å²) in [4.78, 5) is 17.1. The van der Waals surface area contributed by atoms with Crippen molar-refractivity contribution in [3.05, 3.63) is 27.0 Å². The number of nitrogens with zero attached hydrogens (tertiary/aromatic N) is 2. The van der Waals surface area contributed by atoms with Crippen LogP contribution in [0.3, 0.4) is 0 Å². The molecule has 15 heavy (non-hydrogen) atoms. The molecule has 0 aliphatic carbocycles. The van der Waals surface area contributed by atoms with Gasteiger partial charge in [0.1, 0.15) is 4.88 Å². The number of aromatic nitrogens is 2. The third kappa shape index (κ3) is 2.05. The van der Waals surface area contributed by atoms with Crippen molar-refractivity contribution < 1.29 is 9.53 Å². The number of ketones is 1. The molecule has 2 aromatic heterocycles. The maximum atomic E-state index is 11.9. The van der Waals surface area contributed by atoms with Gasteiger partial charge in [-0.15, -0.1) is 11.3 Å². The summed E-state index contributed by atoms with van der Waals surface area (Å²) in [5.74, 6) is 0.436. The second-order valence-electron chi connectivity index (χ2n) is 2.81. The molecule has 6 heteroatoms. The van der Waals surface area contributed by atoms with Crippen molar-refractivity contribution in [3.63, 3.8) is 0 Å². The van der Waals surface area contributed by atoms with Crippen LogP contribution >= 0.6 is 22.9 Å². The molecule has 0 spiro atoms. The summed E-state index contributed by atoms with van der Waals surface area (Å²) < 4.78 is 8.89. The van der Waals surface area contributed by atoms with E-state index in [0.29, 0.717) is 15.6 Å². The molecule has 2 aromatic rings. The van der Waals surface area contributed by atoms with E-state index in [1.54, 1.807) is 12.3 Å². The van der Waals surface area contributed by atoms with E-state index in [4.69, 9.17) is 4.74 Å². The smallest absolute Gasteiger partial charge is 0.225 e. The van der Waals surface area contributed by atoms with Gasteiger partial charge in [0, 0.05) is 12.3 Å². The van der Waals surface area contributed by atoms with Gasteiger partial charge in [0.2, 0.25) is 11.7 Å². The largest absolute Gasteiger partial charge is 0.480 e. The molecule has 0 saturated carbocycles. The average molecular weight is 240 g/mol. The lowest BCUT2D eigenvalue weighted by molar-refractivity contribution is 0.104. The summed E-state index contributed by atoms with van der Waals surface area (Å²) in [5, 5.41) is 0.884. The molecular formula is C9H8N2O2S2. The molecule has 0 bridgehead atoms. The average Bonchev–Trinajstić information content (AvgIpc) is 2.84. The monoisotopic (exact) mass is 240 g/mol. The topological polar surface area (TPSA) is 52.1 Å². The minimum Gasteiger partial charge on any atom is -0.480 e. The van der Waals surface area contributed by atoms with E-state index in [2.05, 4.69) is 9.36 Å². The van der Waals surface area contributed by atoms with Crippen LogP contribution in [0.15, 0.2) is 12.3 Å². The van der Waals surface area contributed by atoms with Gasteiger partial charge < -0.3 is 4.74 Å². The summed E-state index contributed by atoms with van der Waals surface area (Å²) in [6, 6.07) is 1.64. The quantitative estimate of drug-likeness (QED) is 0.771. The van der Waals surface area contributed by atoms with Gasteiger partial charge in [0.15, 0.2) is 0 Å². The zero-order chi connectivity index (χ0) is 10.8. The molecule has 0 atom stereocenters. The molecule has 78 valence electrons. The Kier molecular flexibility index (Phi) is 2.79. The zero-order valence-electron chi connectivity index (χ0n) is 8.18. The highest BCUT2D eigenvalue weighted by Gasteiger charge is 2.15. The first kappa shape index (κ1) is 10.3. The van der Waals surface area contributed by atoms with Crippen molar-refractivity contribution in [3.8, 4) is 5.88 Å². The fourth-order valence-electron chi connectivity index (χ4n) is 1.05. The molecule has 0 aliphatic rings. The Morgan fingerprint density at radius 2 is 2.27 bits per heavy atom. The van der Waals surface area contributed by atoms with Crippen LogP contribution < -0.4 is 4.74 Å². The van der Waals surface area contributed by atoms with E-state index in [1.807, 2.05) is 6.92 Å². The Balaban J connectivity index is 2.28. The molecular weight excluding hydrogens is 232 g/mol. The lowest BCUT2D eigenvalue weighted by Crippen LogP contribution is -1.94. The van der Waals surface area contributed by atoms with Gasteiger partial charge in [-0.3, -0.25) is 4.79 Å². The molecule has 0 aliphatic heterocycles. The molecule has 0 N–H and O–H groups in total. The van der Waals surface area contributed by atoms with Crippen LogP contribution in [0, 0.1) is 6.92 Å². The van der Waals surface area contributed by atoms with Crippen LogP contribution in [0.5, 0.6) is 5.88 Å². The Labute approximate surface area is 94.7 Å². The maximum absolute atomic E-state index is 11.9. The van der Waals surface area contributed by atoms with Crippen LogP contribution in [-0.4, -0.2) is 22.3 Å². The predicted molar refractivity (Wildman–Crippen MR) is 58.9 cm³/mol. The fourth-order valence-corrected chi connectivity index (χ4v) is 2.51. The van der Waals surface area contributed by atoms with Crippen molar-refractivity contribution in [2.24, 2.45) is 0 Å². The van der Waals surface area contributed by atoms with Gasteiger partial charge in [0.25, 0.3) is 0 Å². The third-order valence-corrected chi connectivity index (χ3v) is 3.45. The summed E-state index contributed by atoms with van der Waals surface area (Å²) in [5.41, 5.74) is 0. The minimum absolute atomic E-state index is 0.0404. The van der Waals surface area contributed by atoms with Gasteiger partial charge in [-0.05, 0) is 18.5 Å². The zero-order valence-corrected chi connectivity index (χ0v) is 9.82. The number of aryl methyl sites for hydroxylation is 1. The Hall–Kier alpha value is -1.27. The number of carbonyl (C=O) groups is 1. The molecule has 0 unspecified atom stereocenters. The first-order valence-corrected chi connectivity index (χ1v) is 5.77. The Morgan fingerprint density at radius 3 is 2.80 bits per heavy atom. The molecule has 0 aromatic carbocycles. The van der Waals surface area contributed by atoms with E-state index in [-0.39, 0.29) is 5.78 Å². The number of rotatable bonds is 3. The summed E-state index contributed by atoms with van der Waals surface area (Å²) in [6.07, 6.45) is 1.59. The van der Waals surface area contributed by atoms with Crippen molar-refractivity contribution in [2.75, 3.05) is 7.11 Å². The molecule has 0 fully saturated rings. The normalized spacial score (nSPS) is 10.3. The van der Waals surface area contributed by atoms with Crippen molar-refractivity contribution in [1.82, 2.24) is 9.36 Å². The molecule has 2 heterocycles. The second kappa shape index (κ2) is 4.08. The van der Waals surface area contributed by atoms with Crippen LogP contribution in [-0.2, 0) is 0 Å². The number of ether oxygens (including phenoxy) is 1. The van der Waals surface area contributed by atoms with Gasteiger partial charge in [-0.1, -0.05) is 0 Å². The van der Waals surface area contributed by atoms with Crippen molar-refractivity contribution >= 4 is 28.7 Å². The third-order valence-electron chi connectivity index (χ3n) is 1.77. The highest BCUT2D eigenvalue weighted by atomic mass is 32.1. The lowest BCUT2D eigenvalue weighted by atomic mass is 10.3. The van der Waals surface area contributed by atoms with Gasteiger partial charge >= 0.3 is 0 Å². The second-order valence-corrected chi connectivity index (χ2v) is 4.85. The Bertz CT molecular complexity index is 490. The molecule has 0 saturated heterocycles. The van der Waals surface area contributed by atoms with E-state index >= 15 is 0 Å². The molecule has 0 radical (unpaired) electrons. The maximum Gasteiger partial charge on any atom is 0.225 e. The molecule has 4 nitrogen and oxygen atoms in total. The molecule has 0 amide bonds. The van der Waals surface area contributed by atoms with Gasteiger partial charge in [-0.25, -0.2) is 4.98 Å². The highest BCUT2D eigenvalue weighted by molar-refractivity contribution is 7.15. The fraction of sp³-hybridized carbons (Fsp3) is 0.222. The summed E-state index contributed by atoms with van der Waals surface area (Å²) in [7, 11) is 1.53. The minimum atomic E-state index is -0.0404. The lowest BCUT2D eigenvalue weighted by Gasteiger charge is -1.89. The number of carbonyl (C=O) groups excluding carboxylic acids is 1. The SMILES string of the molecule is COc1cc(C(=O)c2cnc(C)s2)sn1. The first-order valence-electron chi connectivity index (χ1n) is 4.18. The predicted octanol–water partition coefficient (Wildman–Crippen LogP) is 2.15. The Morgan fingerprint density at radius 1 is 1.47 bits per heavy atom. The first-order chi connectivity index (χ1) is 7.20. The van der Waals surface area contributed by atoms with Gasteiger partial charge in [-0.2, -0.15) is 4.37 Å². The summed E-state index contributed by atoms with van der Waals surface area (Å²) in [6.45, 7) is 1.87. The summed E-state index contributed by atoms with van der Waals surface area (Å²) >= 11 is 2.53. The van der Waals surface area contributed by atoms with Crippen LogP contribution in [0.1, 0.15) is 19.6 Å². The number of methoxy groups -OCH3 is 1. The number of thiazole rings is 1. The van der Waals surface area contributed by atoms with Gasteiger partial charge in [0.05, 0.1) is 17.0 Å². The molecule has 2 rings (SSSR count). The van der Waals surface area contributed by atoms with Crippen LogP contribution in [0.25, 0.3) is 0 Å². The van der Waals surface area contributed by atoms with Crippen molar-refractivity contribution in [2.45, 2.75) is 6.92 Å². The van der Waals surface area contributed by atoms with E-state index in [0.717, 1.165) is 16.5 Å². The van der Waals surface area contributed by atoms with Crippen LogP contribution in [0.4, 0.5) is 0 Å². The van der Waals surface area contributed by atoms with E-state index in [9.17, 15) is 4.79 Å². The standard InChI is InChI=1S/C9H8N2O2S2/c1-5-10-4-7(14-5)9(12)6-3-8(13-2)11-15-6/h3-4H,1-2H3. The van der Waals surface area contributed by atoms with E-state index in [1.165, 1.54) is 18.4 Å². The van der Waals surface area contributed by atoms with Crippen LogP contribution in [0.2, 0.25) is 0 Å². The van der Waals surface area contributed by atoms with Crippen molar-refractivity contribution in [1.29, 1.82) is 0 Å². The number of hydrogen-bond donors (Lipinski definition) is 0. The van der Waals surface area contributed by atoms with E-state index < -0.39 is 0 Å². The number of hydrogen-bond acceptors (Lipinski definition) is 6.